The van der Waals surface area contributed by atoms with Crippen LogP contribution in [0.4, 0.5) is 0 Å². The molecule has 0 atom stereocenters. The fraction of sp³-hybridized carbons (Fsp3) is 0.679. The van der Waals surface area contributed by atoms with E-state index in [1.165, 1.54) is 81.4 Å². The van der Waals surface area contributed by atoms with Gasteiger partial charge >= 0.3 is 0 Å². The van der Waals surface area contributed by atoms with Crippen molar-refractivity contribution in [3.63, 3.8) is 0 Å². The van der Waals surface area contributed by atoms with Crippen molar-refractivity contribution in [1.82, 2.24) is 10.6 Å². The predicted octanol–water partition coefficient (Wildman–Crippen LogP) is 7.19. The summed E-state index contributed by atoms with van der Waals surface area (Å²) >= 11 is 0. The Morgan fingerprint density at radius 2 is 1.71 bits per heavy atom. The SMILES string of the molecule is C=C(CCCC)NCCCCCC(C)=NC.CC.c1ccc(CC2CCNCC2)cc1. The Kier molecular flexibility index (Phi) is 20.5. The lowest BCUT2D eigenvalue weighted by Gasteiger charge is -2.22. The van der Waals surface area contributed by atoms with Crippen LogP contribution in [0.1, 0.15) is 91.0 Å². The lowest BCUT2D eigenvalue weighted by atomic mass is 9.91. The van der Waals surface area contributed by atoms with Gasteiger partial charge in [0.1, 0.15) is 0 Å². The minimum atomic E-state index is 0.906. The molecule has 2 rings (SSSR count). The van der Waals surface area contributed by atoms with Gasteiger partial charge in [-0.1, -0.05) is 70.5 Å². The molecule has 3 nitrogen and oxygen atoms in total. The molecular weight excluding hydrogens is 378 g/mol. The Balaban J connectivity index is 0.000000544. The Morgan fingerprint density at radius 1 is 1.03 bits per heavy atom. The lowest BCUT2D eigenvalue weighted by Crippen LogP contribution is -2.28. The zero-order chi connectivity index (χ0) is 23.2. The van der Waals surface area contributed by atoms with Gasteiger partial charge in [-0.25, -0.2) is 0 Å². The minimum absolute atomic E-state index is 0.906. The molecule has 1 aliphatic heterocycles. The quantitative estimate of drug-likeness (QED) is 0.272. The number of allylic oxidation sites excluding steroid dienone is 1. The Hall–Kier alpha value is -1.61. The van der Waals surface area contributed by atoms with E-state index in [0.717, 1.165) is 25.3 Å². The van der Waals surface area contributed by atoms with E-state index in [4.69, 9.17) is 0 Å². The van der Waals surface area contributed by atoms with Crippen LogP contribution in [0.25, 0.3) is 0 Å². The fourth-order valence-corrected chi connectivity index (χ4v) is 3.57. The standard InChI is InChI=1S/C14H28N2.C12H17N.C2H6/c1-5-6-10-14(3)16-12-9-7-8-11-13(2)15-4;1-2-4-11(5-3-1)10-12-6-8-13-9-7-12;1-2/h16H,3,5-12H2,1-2,4H3;1-5,12-13H,6-10H2;1-2H3. The summed E-state index contributed by atoms with van der Waals surface area (Å²) in [6.45, 7) is 15.8. The molecular formula is C28H51N3. The highest BCUT2D eigenvalue weighted by Crippen LogP contribution is 2.17. The van der Waals surface area contributed by atoms with Gasteiger partial charge < -0.3 is 10.6 Å². The number of hydrogen-bond donors (Lipinski definition) is 2. The lowest BCUT2D eigenvalue weighted by molar-refractivity contribution is 0.372. The second-order valence-corrected chi connectivity index (χ2v) is 8.29. The van der Waals surface area contributed by atoms with Crippen LogP contribution in [0.2, 0.25) is 0 Å². The molecule has 1 saturated heterocycles. The van der Waals surface area contributed by atoms with Crippen molar-refractivity contribution in [2.45, 2.75) is 91.9 Å². The highest BCUT2D eigenvalue weighted by Gasteiger charge is 2.12. The van der Waals surface area contributed by atoms with Crippen LogP contribution in [0, 0.1) is 5.92 Å². The molecule has 0 saturated carbocycles. The molecule has 2 N–H and O–H groups in total. The van der Waals surface area contributed by atoms with Gasteiger partial charge in [0.05, 0.1) is 0 Å². The summed E-state index contributed by atoms with van der Waals surface area (Å²) in [4.78, 5) is 4.16. The van der Waals surface area contributed by atoms with Crippen molar-refractivity contribution >= 4 is 5.71 Å². The van der Waals surface area contributed by atoms with E-state index >= 15 is 0 Å². The largest absolute Gasteiger partial charge is 0.389 e. The van der Waals surface area contributed by atoms with Gasteiger partial charge in [0.2, 0.25) is 0 Å². The van der Waals surface area contributed by atoms with Crippen LogP contribution >= 0.6 is 0 Å². The molecule has 0 aliphatic carbocycles. The Labute approximate surface area is 194 Å². The van der Waals surface area contributed by atoms with Crippen LogP contribution in [0.5, 0.6) is 0 Å². The van der Waals surface area contributed by atoms with Crippen LogP contribution in [-0.4, -0.2) is 32.4 Å². The highest BCUT2D eigenvalue weighted by atomic mass is 14.9. The molecule has 1 heterocycles. The second kappa shape index (κ2) is 21.6. The maximum absolute atomic E-state index is 4.16. The van der Waals surface area contributed by atoms with Gasteiger partial charge in [-0.2, -0.15) is 0 Å². The number of hydrogen-bond acceptors (Lipinski definition) is 3. The van der Waals surface area contributed by atoms with Crippen LogP contribution in [0.3, 0.4) is 0 Å². The van der Waals surface area contributed by atoms with Gasteiger partial charge in [-0.3, -0.25) is 4.99 Å². The van der Waals surface area contributed by atoms with Gasteiger partial charge in [-0.05, 0) is 82.9 Å². The zero-order valence-electron chi connectivity index (χ0n) is 21.3. The molecule has 0 spiro atoms. The molecule has 0 bridgehead atoms. The molecule has 178 valence electrons. The highest BCUT2D eigenvalue weighted by molar-refractivity contribution is 5.81. The van der Waals surface area contributed by atoms with E-state index in [2.05, 4.69) is 66.4 Å². The zero-order valence-corrected chi connectivity index (χ0v) is 21.3. The number of aliphatic imine (C=N–C) groups is 1. The predicted molar refractivity (Wildman–Crippen MR) is 141 cm³/mol. The van der Waals surface area contributed by atoms with Crippen molar-refractivity contribution in [1.29, 1.82) is 0 Å². The van der Waals surface area contributed by atoms with Gasteiger partial charge in [0.15, 0.2) is 0 Å². The average molecular weight is 430 g/mol. The number of unbranched alkanes of at least 4 members (excludes halogenated alkanes) is 3. The Bertz CT molecular complexity index is 545. The summed E-state index contributed by atoms with van der Waals surface area (Å²) in [7, 11) is 1.87. The first-order chi connectivity index (χ1) is 15.2. The molecule has 0 aromatic heterocycles. The minimum Gasteiger partial charge on any atom is -0.389 e. The Morgan fingerprint density at radius 3 is 2.32 bits per heavy atom. The molecule has 1 fully saturated rings. The van der Waals surface area contributed by atoms with Gasteiger partial charge in [0, 0.05) is 25.0 Å². The van der Waals surface area contributed by atoms with Crippen molar-refractivity contribution in [2.24, 2.45) is 10.9 Å². The summed E-state index contributed by atoms with van der Waals surface area (Å²) in [5.74, 6) is 0.906. The van der Waals surface area contributed by atoms with Gasteiger partial charge in [-0.15, -0.1) is 0 Å². The third-order valence-electron chi connectivity index (χ3n) is 5.63. The fourth-order valence-electron chi connectivity index (χ4n) is 3.57. The molecule has 0 unspecified atom stereocenters. The van der Waals surface area contributed by atoms with Crippen molar-refractivity contribution in [3.05, 3.63) is 48.2 Å². The molecule has 1 aromatic carbocycles. The van der Waals surface area contributed by atoms with E-state index in [9.17, 15) is 0 Å². The van der Waals surface area contributed by atoms with Crippen molar-refractivity contribution in [2.75, 3.05) is 26.7 Å². The average Bonchev–Trinajstić information content (AvgIpc) is 2.82. The van der Waals surface area contributed by atoms with E-state index in [1.54, 1.807) is 0 Å². The molecule has 31 heavy (non-hydrogen) atoms. The molecule has 0 amide bonds. The first kappa shape index (κ1) is 29.4. The maximum atomic E-state index is 4.16. The molecule has 0 radical (unpaired) electrons. The first-order valence-electron chi connectivity index (χ1n) is 12.7. The number of piperidine rings is 1. The van der Waals surface area contributed by atoms with Crippen LogP contribution < -0.4 is 10.6 Å². The third kappa shape index (κ3) is 17.7. The van der Waals surface area contributed by atoms with Crippen molar-refractivity contribution < 1.29 is 0 Å². The van der Waals surface area contributed by atoms with Gasteiger partial charge in [0.25, 0.3) is 0 Å². The van der Waals surface area contributed by atoms with Crippen LogP contribution in [0.15, 0.2) is 47.6 Å². The maximum Gasteiger partial charge on any atom is 0.0276 e. The summed E-state index contributed by atoms with van der Waals surface area (Å²) in [6, 6.07) is 10.8. The van der Waals surface area contributed by atoms with E-state index < -0.39 is 0 Å². The summed E-state index contributed by atoms with van der Waals surface area (Å²) < 4.78 is 0. The first-order valence-corrected chi connectivity index (χ1v) is 12.7. The summed E-state index contributed by atoms with van der Waals surface area (Å²) in [5.41, 5.74) is 3.96. The number of nitrogens with zero attached hydrogens (tertiary/aromatic N) is 1. The number of rotatable bonds is 12. The van der Waals surface area contributed by atoms with E-state index in [-0.39, 0.29) is 0 Å². The smallest absolute Gasteiger partial charge is 0.0276 e. The third-order valence-corrected chi connectivity index (χ3v) is 5.63. The van der Waals surface area contributed by atoms with E-state index in [0.29, 0.717) is 0 Å². The number of benzene rings is 1. The summed E-state index contributed by atoms with van der Waals surface area (Å²) in [5, 5.41) is 6.80. The molecule has 3 heteroatoms. The molecule has 1 aliphatic rings. The van der Waals surface area contributed by atoms with Crippen LogP contribution in [-0.2, 0) is 6.42 Å². The molecule has 1 aromatic rings. The normalized spacial score (nSPS) is 14.0. The topological polar surface area (TPSA) is 36.4 Å². The summed E-state index contributed by atoms with van der Waals surface area (Å²) in [6.07, 6.45) is 12.5. The second-order valence-electron chi connectivity index (χ2n) is 8.29. The monoisotopic (exact) mass is 429 g/mol. The van der Waals surface area contributed by atoms with Crippen molar-refractivity contribution in [3.8, 4) is 0 Å². The number of nitrogens with one attached hydrogen (secondary N) is 2. The van der Waals surface area contributed by atoms with E-state index in [1.807, 2.05) is 20.9 Å².